The summed E-state index contributed by atoms with van der Waals surface area (Å²) in [4.78, 5) is 0.284. The van der Waals surface area contributed by atoms with Crippen LogP contribution in [-0.4, -0.2) is 13.7 Å². The van der Waals surface area contributed by atoms with E-state index in [1.807, 2.05) is 0 Å². The van der Waals surface area contributed by atoms with Crippen molar-refractivity contribution >= 4 is 27.1 Å². The van der Waals surface area contributed by atoms with Gasteiger partial charge in [-0.25, -0.2) is 8.42 Å². The summed E-state index contributed by atoms with van der Waals surface area (Å²) in [6, 6.07) is 4.49. The van der Waals surface area contributed by atoms with Gasteiger partial charge in [0.2, 0.25) is 0 Å². The second-order valence-electron chi connectivity index (χ2n) is 3.78. The van der Waals surface area contributed by atoms with Crippen molar-refractivity contribution in [2.45, 2.75) is 29.4 Å². The van der Waals surface area contributed by atoms with Gasteiger partial charge in [0.25, 0.3) is 0 Å². The van der Waals surface area contributed by atoms with Gasteiger partial charge < -0.3 is 5.73 Å². The van der Waals surface area contributed by atoms with E-state index in [-0.39, 0.29) is 10.1 Å². The Morgan fingerprint density at radius 1 is 1.33 bits per heavy atom. The van der Waals surface area contributed by atoms with Gasteiger partial charge in [0.05, 0.1) is 20.9 Å². The molecule has 1 aromatic rings. The summed E-state index contributed by atoms with van der Waals surface area (Å²) in [6.07, 6.45) is 2.50. The van der Waals surface area contributed by atoms with E-state index >= 15 is 0 Å². The second-order valence-corrected chi connectivity index (χ2v) is 6.42. The Labute approximate surface area is 94.2 Å². The molecule has 0 bridgehead atoms. The molecule has 0 saturated heterocycles. The molecule has 0 aromatic heterocycles. The van der Waals surface area contributed by atoms with Crippen LogP contribution in [0.3, 0.4) is 0 Å². The first kappa shape index (κ1) is 10.8. The van der Waals surface area contributed by atoms with E-state index in [0.29, 0.717) is 10.7 Å². The summed E-state index contributed by atoms with van der Waals surface area (Å²) < 4.78 is 24.0. The Hall–Kier alpha value is -0.740. The topological polar surface area (TPSA) is 60.2 Å². The van der Waals surface area contributed by atoms with Crippen molar-refractivity contribution < 1.29 is 8.42 Å². The number of halogens is 1. The van der Waals surface area contributed by atoms with Crippen molar-refractivity contribution in [2.75, 3.05) is 5.73 Å². The molecule has 5 heteroatoms. The van der Waals surface area contributed by atoms with Gasteiger partial charge in [0.15, 0.2) is 9.84 Å². The van der Waals surface area contributed by atoms with Crippen molar-refractivity contribution in [1.82, 2.24) is 0 Å². The van der Waals surface area contributed by atoms with Gasteiger partial charge in [-0.2, -0.15) is 0 Å². The molecule has 0 radical (unpaired) electrons. The third-order valence-electron chi connectivity index (χ3n) is 2.79. The molecule has 0 spiro atoms. The lowest BCUT2D eigenvalue weighted by molar-refractivity contribution is 0.477. The monoisotopic (exact) mass is 245 g/mol. The van der Waals surface area contributed by atoms with Gasteiger partial charge >= 0.3 is 0 Å². The van der Waals surface area contributed by atoms with Gasteiger partial charge in [0.1, 0.15) is 0 Å². The van der Waals surface area contributed by atoms with Crippen molar-refractivity contribution in [1.29, 1.82) is 0 Å². The normalized spacial score (nSPS) is 17.4. The van der Waals surface area contributed by atoms with Gasteiger partial charge in [-0.3, -0.25) is 0 Å². The smallest absolute Gasteiger partial charge is 0.181 e. The molecule has 1 fully saturated rings. The van der Waals surface area contributed by atoms with Crippen LogP contribution in [0.4, 0.5) is 5.69 Å². The molecule has 0 aliphatic heterocycles. The maximum absolute atomic E-state index is 12.0. The fraction of sp³-hybridized carbons (Fsp3) is 0.400. The van der Waals surface area contributed by atoms with Crippen LogP contribution in [-0.2, 0) is 9.84 Å². The summed E-state index contributed by atoms with van der Waals surface area (Å²) in [7, 11) is -3.18. The number of hydrogen-bond donors (Lipinski definition) is 1. The minimum Gasteiger partial charge on any atom is -0.398 e. The molecule has 0 heterocycles. The molecule has 3 nitrogen and oxygen atoms in total. The highest BCUT2D eigenvalue weighted by molar-refractivity contribution is 7.92. The Morgan fingerprint density at radius 2 is 2.00 bits per heavy atom. The van der Waals surface area contributed by atoms with Crippen LogP contribution in [0.25, 0.3) is 0 Å². The first-order valence-corrected chi connectivity index (χ1v) is 6.73. The largest absolute Gasteiger partial charge is 0.398 e. The van der Waals surface area contributed by atoms with Crippen molar-refractivity contribution in [3.63, 3.8) is 0 Å². The summed E-state index contributed by atoms with van der Waals surface area (Å²) in [5.74, 6) is 0. The summed E-state index contributed by atoms with van der Waals surface area (Å²) in [5.41, 5.74) is 5.93. The highest BCUT2D eigenvalue weighted by Gasteiger charge is 2.32. The van der Waals surface area contributed by atoms with E-state index < -0.39 is 9.84 Å². The number of hydrogen-bond acceptors (Lipinski definition) is 3. The fourth-order valence-corrected chi connectivity index (χ4v) is 3.68. The van der Waals surface area contributed by atoms with Crippen LogP contribution in [0.2, 0.25) is 5.02 Å². The first-order chi connectivity index (χ1) is 7.01. The molecule has 0 atom stereocenters. The van der Waals surface area contributed by atoms with Gasteiger partial charge in [-0.15, -0.1) is 0 Å². The minimum absolute atomic E-state index is 0.225. The molecule has 2 N–H and O–H groups in total. The van der Waals surface area contributed by atoms with E-state index in [4.69, 9.17) is 17.3 Å². The Balaban J connectivity index is 2.40. The summed E-state index contributed by atoms with van der Waals surface area (Å²) in [5, 5.41) is 0.0765. The molecule has 82 valence electrons. The molecule has 15 heavy (non-hydrogen) atoms. The summed E-state index contributed by atoms with van der Waals surface area (Å²) in [6.45, 7) is 0. The SMILES string of the molecule is Nc1ccc(S(=O)(=O)C2CCC2)cc1Cl. The average Bonchev–Trinajstić information content (AvgIpc) is 2.05. The Kier molecular flexibility index (Phi) is 2.64. The molecule has 2 rings (SSSR count). The second kappa shape index (κ2) is 3.68. The quantitative estimate of drug-likeness (QED) is 0.813. The van der Waals surface area contributed by atoms with E-state index in [0.717, 1.165) is 19.3 Å². The lowest BCUT2D eigenvalue weighted by atomic mass is 10.00. The molecular weight excluding hydrogens is 234 g/mol. The maximum Gasteiger partial charge on any atom is 0.181 e. The molecule has 1 aliphatic rings. The van der Waals surface area contributed by atoms with Crippen LogP contribution >= 0.6 is 11.6 Å². The third kappa shape index (κ3) is 1.84. The van der Waals surface area contributed by atoms with E-state index in [1.165, 1.54) is 18.2 Å². The van der Waals surface area contributed by atoms with Crippen LogP contribution in [0.5, 0.6) is 0 Å². The molecule has 1 aliphatic carbocycles. The highest BCUT2D eigenvalue weighted by Crippen LogP contribution is 2.32. The van der Waals surface area contributed by atoms with Gasteiger partial charge in [0, 0.05) is 0 Å². The third-order valence-corrected chi connectivity index (χ3v) is 5.38. The van der Waals surface area contributed by atoms with Gasteiger partial charge in [-0.05, 0) is 31.0 Å². The van der Waals surface area contributed by atoms with E-state index in [2.05, 4.69) is 0 Å². The van der Waals surface area contributed by atoms with E-state index in [1.54, 1.807) is 0 Å². The number of anilines is 1. The Bertz CT molecular complexity index is 480. The minimum atomic E-state index is -3.18. The van der Waals surface area contributed by atoms with Crippen molar-refractivity contribution in [3.05, 3.63) is 23.2 Å². The molecular formula is C10H12ClNO2S. The first-order valence-electron chi connectivity index (χ1n) is 4.81. The van der Waals surface area contributed by atoms with E-state index in [9.17, 15) is 8.42 Å². The number of sulfone groups is 1. The standard InChI is InChI=1S/C10H12ClNO2S/c11-9-6-8(4-5-10(9)12)15(13,14)7-2-1-3-7/h4-7H,1-3,12H2. The zero-order chi connectivity index (χ0) is 11.1. The highest BCUT2D eigenvalue weighted by atomic mass is 35.5. The van der Waals surface area contributed by atoms with Crippen LogP contribution in [0.1, 0.15) is 19.3 Å². The molecule has 1 saturated carbocycles. The van der Waals surface area contributed by atoms with Crippen LogP contribution in [0, 0.1) is 0 Å². The number of rotatable bonds is 2. The lowest BCUT2D eigenvalue weighted by Gasteiger charge is -2.25. The average molecular weight is 246 g/mol. The lowest BCUT2D eigenvalue weighted by Crippen LogP contribution is -2.28. The maximum atomic E-state index is 12.0. The predicted molar refractivity (Wildman–Crippen MR) is 60.7 cm³/mol. The zero-order valence-electron chi connectivity index (χ0n) is 8.11. The fourth-order valence-electron chi connectivity index (χ4n) is 1.56. The van der Waals surface area contributed by atoms with Gasteiger partial charge in [-0.1, -0.05) is 18.0 Å². The Morgan fingerprint density at radius 3 is 2.47 bits per heavy atom. The van der Waals surface area contributed by atoms with Crippen LogP contribution < -0.4 is 5.73 Å². The predicted octanol–water partition coefficient (Wildman–Crippen LogP) is 2.25. The zero-order valence-corrected chi connectivity index (χ0v) is 9.68. The molecule has 0 amide bonds. The number of nitrogen functional groups attached to an aromatic ring is 1. The summed E-state index contributed by atoms with van der Waals surface area (Å²) >= 11 is 5.80. The molecule has 1 aromatic carbocycles. The van der Waals surface area contributed by atoms with Crippen molar-refractivity contribution in [2.24, 2.45) is 0 Å². The van der Waals surface area contributed by atoms with Crippen LogP contribution in [0.15, 0.2) is 23.1 Å². The number of benzene rings is 1. The number of nitrogens with two attached hydrogens (primary N) is 1. The van der Waals surface area contributed by atoms with Crippen molar-refractivity contribution in [3.8, 4) is 0 Å². The molecule has 0 unspecified atom stereocenters.